The third kappa shape index (κ3) is 2.88. The third-order valence-electron chi connectivity index (χ3n) is 6.82. The predicted octanol–water partition coefficient (Wildman–Crippen LogP) is 2.71. The van der Waals surface area contributed by atoms with Gasteiger partial charge in [-0.2, -0.15) is 0 Å². The molecule has 5 heterocycles. The van der Waals surface area contributed by atoms with Crippen LogP contribution in [0.15, 0.2) is 36.7 Å². The van der Waals surface area contributed by atoms with Crippen molar-refractivity contribution >= 4 is 44.8 Å². The summed E-state index contributed by atoms with van der Waals surface area (Å²) < 4.78 is 24.8. The fourth-order valence-electron chi connectivity index (χ4n) is 5.18. The fraction of sp³-hybridized carbons (Fsp3) is 0.231. The van der Waals surface area contributed by atoms with Crippen LogP contribution in [0.2, 0.25) is 0 Å². The second-order valence-corrected chi connectivity index (χ2v) is 9.19. The van der Waals surface area contributed by atoms with Crippen molar-refractivity contribution in [3.8, 4) is 23.0 Å². The van der Waals surface area contributed by atoms with Gasteiger partial charge in [-0.15, -0.1) is 0 Å². The standard InChI is InChI=1S/C26H22N4O6/c1-29(2)7-8-30-10-14(20-16(30)4-6-18-24(20)36-12-34-18)22-21(25(31)28-26(22)32)13-9-27-15-3-5-17-23(19(13)15)35-11-33-17/h3-6,9-10,27H,7-8,11-12H2,1-2H3,(H,28,31,32). The van der Waals surface area contributed by atoms with Gasteiger partial charge in [0.05, 0.1) is 33.0 Å². The molecule has 182 valence electrons. The number of fused-ring (bicyclic) bond motifs is 6. The molecular weight excluding hydrogens is 464 g/mol. The molecule has 2 amide bonds. The van der Waals surface area contributed by atoms with Gasteiger partial charge in [0, 0.05) is 36.6 Å². The molecule has 4 aromatic rings. The third-order valence-corrected chi connectivity index (χ3v) is 6.82. The van der Waals surface area contributed by atoms with Gasteiger partial charge in [-0.25, -0.2) is 0 Å². The number of hydrogen-bond donors (Lipinski definition) is 2. The number of nitrogens with zero attached hydrogens (tertiary/aromatic N) is 2. The minimum atomic E-state index is -0.466. The van der Waals surface area contributed by atoms with Gasteiger partial charge in [0.25, 0.3) is 11.8 Å². The van der Waals surface area contributed by atoms with E-state index in [2.05, 4.69) is 19.8 Å². The lowest BCUT2D eigenvalue weighted by atomic mass is 9.95. The van der Waals surface area contributed by atoms with Gasteiger partial charge in [0.1, 0.15) is 0 Å². The van der Waals surface area contributed by atoms with E-state index in [1.165, 1.54) is 0 Å². The molecule has 2 aromatic heterocycles. The molecule has 0 atom stereocenters. The van der Waals surface area contributed by atoms with Crippen molar-refractivity contribution in [1.29, 1.82) is 0 Å². The van der Waals surface area contributed by atoms with E-state index >= 15 is 0 Å². The number of aromatic amines is 1. The lowest BCUT2D eigenvalue weighted by molar-refractivity contribution is -0.122. The summed E-state index contributed by atoms with van der Waals surface area (Å²) in [5.41, 5.74) is 3.42. The van der Waals surface area contributed by atoms with Gasteiger partial charge in [-0.1, -0.05) is 0 Å². The molecule has 0 aliphatic carbocycles. The van der Waals surface area contributed by atoms with Crippen LogP contribution >= 0.6 is 0 Å². The minimum absolute atomic E-state index is 0.0962. The van der Waals surface area contributed by atoms with E-state index in [1.807, 2.05) is 44.6 Å². The number of aromatic nitrogens is 2. The molecule has 2 N–H and O–H groups in total. The summed E-state index contributed by atoms with van der Waals surface area (Å²) >= 11 is 0. The second kappa shape index (κ2) is 7.53. The van der Waals surface area contributed by atoms with Crippen molar-refractivity contribution in [2.75, 3.05) is 34.2 Å². The molecule has 0 radical (unpaired) electrons. The van der Waals surface area contributed by atoms with Gasteiger partial charge in [0.15, 0.2) is 23.0 Å². The van der Waals surface area contributed by atoms with Gasteiger partial charge in [-0.05, 0) is 38.4 Å². The summed E-state index contributed by atoms with van der Waals surface area (Å²) in [6.45, 7) is 1.67. The highest BCUT2D eigenvalue weighted by Gasteiger charge is 2.37. The normalized spacial score (nSPS) is 16.3. The number of amides is 2. The van der Waals surface area contributed by atoms with Crippen LogP contribution in [0.4, 0.5) is 0 Å². The Morgan fingerprint density at radius 3 is 2.25 bits per heavy atom. The highest BCUT2D eigenvalue weighted by atomic mass is 16.7. The number of nitrogens with one attached hydrogen (secondary N) is 2. The Morgan fingerprint density at radius 1 is 0.861 bits per heavy atom. The molecule has 36 heavy (non-hydrogen) atoms. The summed E-state index contributed by atoms with van der Waals surface area (Å²) in [4.78, 5) is 31.9. The Kier molecular flexibility index (Phi) is 4.37. The zero-order valence-corrected chi connectivity index (χ0v) is 19.6. The first-order valence-electron chi connectivity index (χ1n) is 11.6. The molecule has 10 nitrogen and oxygen atoms in total. The zero-order chi connectivity index (χ0) is 24.6. The highest BCUT2D eigenvalue weighted by molar-refractivity contribution is 6.51. The number of ether oxygens (including phenoxy) is 4. The number of carbonyl (C=O) groups excluding carboxylic acids is 2. The van der Waals surface area contributed by atoms with Gasteiger partial charge in [0.2, 0.25) is 13.6 Å². The average Bonchev–Trinajstić information content (AvgIpc) is 3.65. The number of hydrogen-bond acceptors (Lipinski definition) is 7. The quantitative estimate of drug-likeness (QED) is 0.418. The van der Waals surface area contributed by atoms with Crippen LogP contribution < -0.4 is 24.3 Å². The van der Waals surface area contributed by atoms with Gasteiger partial charge < -0.3 is 33.4 Å². The Labute approximate surface area is 205 Å². The van der Waals surface area contributed by atoms with E-state index < -0.39 is 11.8 Å². The molecule has 3 aliphatic rings. The van der Waals surface area contributed by atoms with Crippen LogP contribution in [0.1, 0.15) is 11.1 Å². The Hall–Kier alpha value is -4.44. The van der Waals surface area contributed by atoms with E-state index in [0.717, 1.165) is 23.0 Å². The number of imide groups is 1. The molecule has 0 unspecified atom stereocenters. The van der Waals surface area contributed by atoms with Crippen molar-refractivity contribution < 1.29 is 28.5 Å². The summed E-state index contributed by atoms with van der Waals surface area (Å²) in [5, 5.41) is 3.94. The molecule has 3 aliphatic heterocycles. The predicted molar refractivity (Wildman–Crippen MR) is 131 cm³/mol. The average molecular weight is 486 g/mol. The number of carbonyl (C=O) groups is 2. The van der Waals surface area contributed by atoms with Crippen molar-refractivity contribution in [1.82, 2.24) is 19.8 Å². The molecular formula is C26H22N4O6. The topological polar surface area (TPSA) is 107 Å². The van der Waals surface area contributed by atoms with E-state index in [9.17, 15) is 9.59 Å². The number of likely N-dealkylation sites (N-methyl/N-ethyl adjacent to an activating group) is 1. The van der Waals surface area contributed by atoms with Crippen molar-refractivity contribution in [2.45, 2.75) is 6.54 Å². The van der Waals surface area contributed by atoms with Crippen molar-refractivity contribution in [2.24, 2.45) is 0 Å². The maximum Gasteiger partial charge on any atom is 0.259 e. The lowest BCUT2D eigenvalue weighted by Crippen LogP contribution is -2.22. The second-order valence-electron chi connectivity index (χ2n) is 9.19. The van der Waals surface area contributed by atoms with Crippen molar-refractivity contribution in [3.63, 3.8) is 0 Å². The summed E-state index contributed by atoms with van der Waals surface area (Å²) in [6.07, 6.45) is 3.65. The zero-order valence-electron chi connectivity index (χ0n) is 19.6. The number of H-pyrrole nitrogens is 1. The Morgan fingerprint density at radius 2 is 1.53 bits per heavy atom. The van der Waals surface area contributed by atoms with Crippen LogP contribution in [0.5, 0.6) is 23.0 Å². The monoisotopic (exact) mass is 486 g/mol. The van der Waals surface area contributed by atoms with Crippen LogP contribution in [-0.4, -0.2) is 60.5 Å². The lowest BCUT2D eigenvalue weighted by Gasteiger charge is -2.11. The first-order valence-corrected chi connectivity index (χ1v) is 11.6. The van der Waals surface area contributed by atoms with Gasteiger partial charge in [-0.3, -0.25) is 14.9 Å². The summed E-state index contributed by atoms with van der Waals surface area (Å²) in [6, 6.07) is 7.52. The maximum absolute atomic E-state index is 13.3. The van der Waals surface area contributed by atoms with Crippen LogP contribution in [0.25, 0.3) is 33.0 Å². The molecule has 0 spiro atoms. The molecule has 10 heteroatoms. The molecule has 2 aromatic carbocycles. The largest absolute Gasteiger partial charge is 0.454 e. The number of benzene rings is 2. The molecule has 0 bridgehead atoms. The Bertz CT molecular complexity index is 1640. The smallest absolute Gasteiger partial charge is 0.259 e. The molecule has 0 saturated carbocycles. The fourth-order valence-corrected chi connectivity index (χ4v) is 5.18. The van der Waals surface area contributed by atoms with Crippen LogP contribution in [0, 0.1) is 0 Å². The molecule has 7 rings (SSSR count). The molecule has 0 saturated heterocycles. The SMILES string of the molecule is CN(C)CCn1cc(C2=C(c3c[nH]c4ccc5c(c34)OCO5)C(=O)NC2=O)c2c3c(ccc21)OCO3. The maximum atomic E-state index is 13.3. The van der Waals surface area contributed by atoms with Gasteiger partial charge >= 0.3 is 0 Å². The van der Waals surface area contributed by atoms with Crippen LogP contribution in [0.3, 0.4) is 0 Å². The Balaban J connectivity index is 1.52. The van der Waals surface area contributed by atoms with E-state index in [0.29, 0.717) is 46.1 Å². The van der Waals surface area contributed by atoms with Crippen LogP contribution in [-0.2, 0) is 16.1 Å². The van der Waals surface area contributed by atoms with E-state index in [4.69, 9.17) is 18.9 Å². The number of rotatable bonds is 5. The first kappa shape index (κ1) is 20.9. The minimum Gasteiger partial charge on any atom is -0.454 e. The summed E-state index contributed by atoms with van der Waals surface area (Å²) in [7, 11) is 4.01. The van der Waals surface area contributed by atoms with E-state index in [1.54, 1.807) is 6.20 Å². The first-order chi connectivity index (χ1) is 17.5. The molecule has 0 fully saturated rings. The summed E-state index contributed by atoms with van der Waals surface area (Å²) in [5.74, 6) is 1.40. The van der Waals surface area contributed by atoms with E-state index in [-0.39, 0.29) is 24.7 Å². The highest BCUT2D eigenvalue weighted by Crippen LogP contribution is 2.48. The van der Waals surface area contributed by atoms with Crippen molar-refractivity contribution in [3.05, 3.63) is 47.8 Å².